The average Bonchev–Trinajstić information content (AvgIpc) is 3.52. The number of halogens is 2. The van der Waals surface area contributed by atoms with Gasteiger partial charge in [-0.15, -0.1) is 0 Å². The third kappa shape index (κ3) is 4.55. The van der Waals surface area contributed by atoms with E-state index < -0.39 is 99.9 Å². The number of rotatable bonds is 9. The van der Waals surface area contributed by atoms with E-state index in [1.807, 2.05) is 6.92 Å². The van der Waals surface area contributed by atoms with Gasteiger partial charge in [0.25, 0.3) is 0 Å². The molecule has 0 aromatic heterocycles. The highest BCUT2D eigenvalue weighted by Gasteiger charge is 2.70. The molecule has 0 radical (unpaired) electrons. The van der Waals surface area contributed by atoms with Gasteiger partial charge in [0, 0.05) is 11.8 Å². The van der Waals surface area contributed by atoms with E-state index in [2.05, 4.69) is 4.74 Å². The van der Waals surface area contributed by atoms with Crippen molar-refractivity contribution in [2.75, 3.05) is 13.2 Å². The Morgan fingerprint density at radius 2 is 1.55 bits per heavy atom. The number of fused-ring (bicyclic) bond motifs is 1. The Balaban J connectivity index is 1.05. The van der Waals surface area contributed by atoms with Crippen molar-refractivity contribution < 1.29 is 69.4 Å². The van der Waals surface area contributed by atoms with Crippen molar-refractivity contribution in [1.29, 1.82) is 0 Å². The van der Waals surface area contributed by atoms with Crippen molar-refractivity contribution in [2.24, 2.45) is 47.3 Å². The molecule has 1 aliphatic heterocycles. The van der Waals surface area contributed by atoms with Crippen LogP contribution in [0.4, 0.5) is 8.78 Å². The molecule has 6 atom stereocenters. The first-order valence-corrected chi connectivity index (χ1v) is 15.3. The van der Waals surface area contributed by atoms with E-state index in [4.69, 9.17) is 23.5 Å². The van der Waals surface area contributed by atoms with Crippen LogP contribution in [0.3, 0.4) is 0 Å². The largest absolute Gasteiger partial charge is 0.465 e. The van der Waals surface area contributed by atoms with Crippen LogP contribution in [0.1, 0.15) is 45.4 Å². The van der Waals surface area contributed by atoms with Crippen LogP contribution in [0.25, 0.3) is 0 Å². The highest BCUT2D eigenvalue weighted by Crippen LogP contribution is 2.60. The quantitative estimate of drug-likeness (QED) is 0.219. The van der Waals surface area contributed by atoms with E-state index in [0.29, 0.717) is 11.8 Å². The number of alkyl halides is 2. The summed E-state index contributed by atoms with van der Waals surface area (Å²) in [5.74, 6) is -7.80. The maximum absolute atomic E-state index is 13.4. The van der Waals surface area contributed by atoms with E-state index in [1.165, 1.54) is 6.42 Å². The molecular formula is C26H30F2O13S. The minimum atomic E-state index is -6.14. The van der Waals surface area contributed by atoms with E-state index in [1.54, 1.807) is 0 Å². The molecule has 232 valence electrons. The van der Waals surface area contributed by atoms with Crippen molar-refractivity contribution in [3.63, 3.8) is 0 Å². The van der Waals surface area contributed by atoms with Crippen LogP contribution < -0.4 is 0 Å². The SMILES string of the molecule is CC1(OC(=O)COC(=O)C2C3CC4C(OC(=O)C42)C3OC(=O)COC(=O)C(F)(F)S(=O)(=O)O)C2CC3CC(C2)CC1C3. The molecule has 13 nitrogen and oxygen atoms in total. The van der Waals surface area contributed by atoms with Crippen LogP contribution in [-0.4, -0.2) is 79.1 Å². The van der Waals surface area contributed by atoms with Crippen LogP contribution in [0.5, 0.6) is 0 Å². The average molecular weight is 621 g/mol. The molecular weight excluding hydrogens is 590 g/mol. The molecule has 42 heavy (non-hydrogen) atoms. The minimum Gasteiger partial charge on any atom is -0.458 e. The van der Waals surface area contributed by atoms with E-state index in [0.717, 1.165) is 25.7 Å². The smallest absolute Gasteiger partial charge is 0.458 e. The van der Waals surface area contributed by atoms with Crippen molar-refractivity contribution in [2.45, 2.75) is 68.5 Å². The zero-order valence-electron chi connectivity index (χ0n) is 22.4. The summed E-state index contributed by atoms with van der Waals surface area (Å²) in [7, 11) is -6.14. The lowest BCUT2D eigenvalue weighted by atomic mass is 9.50. The first kappa shape index (κ1) is 29.2. The predicted molar refractivity (Wildman–Crippen MR) is 128 cm³/mol. The van der Waals surface area contributed by atoms with Gasteiger partial charge in [0.1, 0.15) is 17.8 Å². The summed E-state index contributed by atoms with van der Waals surface area (Å²) in [5.41, 5.74) is -0.625. The lowest BCUT2D eigenvalue weighted by Gasteiger charge is -2.59. The third-order valence-corrected chi connectivity index (χ3v) is 11.2. The lowest BCUT2D eigenvalue weighted by molar-refractivity contribution is -0.208. The molecule has 1 saturated heterocycles. The highest BCUT2D eigenvalue weighted by atomic mass is 32.2. The van der Waals surface area contributed by atoms with Gasteiger partial charge in [0.05, 0.1) is 11.8 Å². The third-order valence-electron chi connectivity index (χ3n) is 10.4. The van der Waals surface area contributed by atoms with Crippen LogP contribution in [0, 0.1) is 47.3 Å². The molecule has 1 N–H and O–H groups in total. The summed E-state index contributed by atoms with van der Waals surface area (Å²) in [6.45, 7) is -0.155. The maximum Gasteiger partial charge on any atom is 0.465 e. The van der Waals surface area contributed by atoms with Gasteiger partial charge in [-0.25, -0.2) is 14.4 Å². The minimum absolute atomic E-state index is 0.230. The summed E-state index contributed by atoms with van der Waals surface area (Å²) in [6, 6.07) is 0. The monoisotopic (exact) mass is 620 g/mol. The highest BCUT2D eigenvalue weighted by molar-refractivity contribution is 7.87. The molecule has 6 bridgehead atoms. The Hall–Kier alpha value is -2.88. The number of carbonyl (C=O) groups excluding carboxylic acids is 5. The Morgan fingerprint density at radius 1 is 0.952 bits per heavy atom. The number of hydrogen-bond donors (Lipinski definition) is 1. The van der Waals surface area contributed by atoms with Gasteiger partial charge in [0.2, 0.25) is 0 Å². The Bertz CT molecular complexity index is 1300. The molecule has 7 aliphatic rings. The van der Waals surface area contributed by atoms with Crippen molar-refractivity contribution in [3.05, 3.63) is 0 Å². The first-order chi connectivity index (χ1) is 19.6. The molecule has 1 heterocycles. The van der Waals surface area contributed by atoms with Gasteiger partial charge in [-0.2, -0.15) is 17.2 Å². The fourth-order valence-corrected chi connectivity index (χ4v) is 9.03. The zero-order chi connectivity index (χ0) is 30.4. The molecule has 16 heteroatoms. The molecule has 7 fully saturated rings. The standard InChI is InChI=1S/C26H30F2O13S/c1-25(12-3-10-2-11(5-12)6-13(25)4-10)41-17(30)9-37-22(31)18-14-7-15-19(18)23(32)40-21(15)20(14)39-16(29)8-38-24(33)26(27,28)42(34,35)36/h10-15,18-21H,2-9H2,1H3,(H,34,35,36). The number of hydrogen-bond acceptors (Lipinski definition) is 12. The summed E-state index contributed by atoms with van der Waals surface area (Å²) < 4.78 is 82.2. The summed E-state index contributed by atoms with van der Waals surface area (Å²) >= 11 is 0. The molecule has 6 saturated carbocycles. The molecule has 0 amide bonds. The second-order valence-corrected chi connectivity index (χ2v) is 14.1. The van der Waals surface area contributed by atoms with Crippen molar-refractivity contribution in [3.8, 4) is 0 Å². The van der Waals surface area contributed by atoms with Gasteiger partial charge < -0.3 is 23.7 Å². The normalized spacial score (nSPS) is 40.9. The summed E-state index contributed by atoms with van der Waals surface area (Å²) in [6.07, 6.45) is 3.36. The van der Waals surface area contributed by atoms with E-state index in [-0.39, 0.29) is 18.3 Å². The number of esters is 5. The van der Waals surface area contributed by atoms with Crippen LogP contribution in [-0.2, 0) is 57.8 Å². The van der Waals surface area contributed by atoms with Crippen LogP contribution in [0.15, 0.2) is 0 Å². The maximum atomic E-state index is 13.4. The molecule has 6 unspecified atom stereocenters. The van der Waals surface area contributed by atoms with Crippen molar-refractivity contribution >= 4 is 40.0 Å². The Morgan fingerprint density at radius 3 is 2.14 bits per heavy atom. The predicted octanol–water partition coefficient (Wildman–Crippen LogP) is 1.03. The summed E-state index contributed by atoms with van der Waals surface area (Å²) in [5, 5.41) is -5.31. The van der Waals surface area contributed by atoms with Gasteiger partial charge >= 0.3 is 45.2 Å². The topological polar surface area (TPSA) is 186 Å². The van der Waals surface area contributed by atoms with Crippen molar-refractivity contribution in [1.82, 2.24) is 0 Å². The van der Waals surface area contributed by atoms with E-state index in [9.17, 15) is 41.2 Å². The fraction of sp³-hybridized carbons (Fsp3) is 0.808. The first-order valence-electron chi connectivity index (χ1n) is 13.9. The number of ether oxygens (including phenoxy) is 5. The molecule has 6 aliphatic carbocycles. The summed E-state index contributed by atoms with van der Waals surface area (Å²) in [4.78, 5) is 62.1. The fourth-order valence-electron chi connectivity index (χ4n) is 8.76. The van der Waals surface area contributed by atoms with Gasteiger partial charge in [-0.05, 0) is 69.1 Å². The molecule has 0 spiro atoms. The van der Waals surface area contributed by atoms with Gasteiger partial charge in [-0.1, -0.05) is 0 Å². The van der Waals surface area contributed by atoms with E-state index >= 15 is 0 Å². The zero-order valence-corrected chi connectivity index (χ0v) is 23.3. The Kier molecular flexibility index (Phi) is 6.83. The molecule has 0 aromatic carbocycles. The lowest BCUT2D eigenvalue weighted by Crippen LogP contribution is -2.58. The van der Waals surface area contributed by atoms with Crippen LogP contribution >= 0.6 is 0 Å². The van der Waals surface area contributed by atoms with Gasteiger partial charge in [-0.3, -0.25) is 14.1 Å². The number of carbonyl (C=O) groups is 5. The molecule has 0 aromatic rings. The molecule has 7 rings (SSSR count). The Labute approximate surface area is 238 Å². The second kappa shape index (κ2) is 9.82. The second-order valence-electron chi connectivity index (χ2n) is 12.6. The van der Waals surface area contributed by atoms with Crippen LogP contribution in [0.2, 0.25) is 0 Å². The van der Waals surface area contributed by atoms with Gasteiger partial charge in [0.15, 0.2) is 13.2 Å².